The van der Waals surface area contributed by atoms with Gasteiger partial charge in [0.05, 0.1) is 0 Å². The average molecular weight is 208 g/mol. The van der Waals surface area contributed by atoms with Crippen molar-refractivity contribution < 1.29 is 0 Å². The van der Waals surface area contributed by atoms with Crippen molar-refractivity contribution in [3.05, 3.63) is 11.6 Å². The van der Waals surface area contributed by atoms with Crippen LogP contribution in [0.15, 0.2) is 0 Å². The summed E-state index contributed by atoms with van der Waals surface area (Å²) in [5, 5.41) is 8.59. The van der Waals surface area contributed by atoms with E-state index < -0.39 is 0 Å². The fraction of sp³-hybridized carbons (Fsp3) is 0.818. The van der Waals surface area contributed by atoms with Crippen molar-refractivity contribution in [2.24, 2.45) is 5.73 Å². The molecule has 4 nitrogen and oxygen atoms in total. The predicted molar refractivity (Wildman–Crippen MR) is 59.7 cm³/mol. The lowest BCUT2D eigenvalue weighted by Gasteiger charge is -2.18. The highest BCUT2D eigenvalue weighted by Crippen LogP contribution is 2.22. The third kappa shape index (κ3) is 2.04. The van der Waals surface area contributed by atoms with Gasteiger partial charge in [0.25, 0.3) is 0 Å². The molecule has 0 fully saturated rings. The van der Waals surface area contributed by atoms with Crippen molar-refractivity contribution in [3.8, 4) is 0 Å². The number of aromatic nitrogens is 3. The highest BCUT2D eigenvalue weighted by atomic mass is 15.3. The van der Waals surface area contributed by atoms with Crippen LogP contribution < -0.4 is 5.73 Å². The molecule has 0 amide bonds. The van der Waals surface area contributed by atoms with Crippen LogP contribution in [0.25, 0.3) is 0 Å². The van der Waals surface area contributed by atoms with Gasteiger partial charge in [-0.25, -0.2) is 0 Å². The van der Waals surface area contributed by atoms with Gasteiger partial charge in [-0.3, -0.25) is 0 Å². The highest BCUT2D eigenvalue weighted by Gasteiger charge is 2.21. The SMILES string of the molecule is CCCC(CN)c1nnc2n1CCCC2. The molecule has 1 aliphatic rings. The van der Waals surface area contributed by atoms with E-state index in [2.05, 4.69) is 21.7 Å². The zero-order valence-corrected chi connectivity index (χ0v) is 9.45. The standard InChI is InChI=1S/C11H20N4/c1-2-5-9(8-12)11-14-13-10-6-3-4-7-15(10)11/h9H,2-8,12H2,1H3. The number of hydrogen-bond donors (Lipinski definition) is 1. The van der Waals surface area contributed by atoms with Gasteiger partial charge < -0.3 is 10.3 Å². The molecule has 2 N–H and O–H groups in total. The van der Waals surface area contributed by atoms with Gasteiger partial charge in [-0.15, -0.1) is 10.2 Å². The molecule has 1 atom stereocenters. The zero-order valence-electron chi connectivity index (χ0n) is 9.45. The van der Waals surface area contributed by atoms with Gasteiger partial charge in [0.15, 0.2) is 0 Å². The van der Waals surface area contributed by atoms with Gasteiger partial charge in [-0.1, -0.05) is 13.3 Å². The van der Waals surface area contributed by atoms with E-state index in [0.29, 0.717) is 12.5 Å². The maximum Gasteiger partial charge on any atom is 0.137 e. The van der Waals surface area contributed by atoms with Crippen LogP contribution in [0.4, 0.5) is 0 Å². The number of aryl methyl sites for hydroxylation is 1. The summed E-state index contributed by atoms with van der Waals surface area (Å²) in [6.45, 7) is 3.96. The fourth-order valence-electron chi connectivity index (χ4n) is 2.33. The molecule has 0 radical (unpaired) electrons. The number of fused-ring (bicyclic) bond motifs is 1. The molecule has 0 aromatic carbocycles. The quantitative estimate of drug-likeness (QED) is 0.815. The van der Waals surface area contributed by atoms with Crippen LogP contribution in [-0.4, -0.2) is 21.3 Å². The number of nitrogens with two attached hydrogens (primary N) is 1. The van der Waals surface area contributed by atoms with E-state index in [1.807, 2.05) is 0 Å². The third-order valence-corrected chi connectivity index (χ3v) is 3.17. The van der Waals surface area contributed by atoms with E-state index in [4.69, 9.17) is 5.73 Å². The van der Waals surface area contributed by atoms with Crippen LogP contribution in [0.5, 0.6) is 0 Å². The molecule has 1 unspecified atom stereocenters. The molecule has 1 aromatic heterocycles. The van der Waals surface area contributed by atoms with E-state index >= 15 is 0 Å². The third-order valence-electron chi connectivity index (χ3n) is 3.17. The van der Waals surface area contributed by atoms with Crippen molar-refractivity contribution in [1.82, 2.24) is 14.8 Å². The lowest BCUT2D eigenvalue weighted by molar-refractivity contribution is 0.478. The number of nitrogens with zero attached hydrogens (tertiary/aromatic N) is 3. The van der Waals surface area contributed by atoms with Crippen LogP contribution in [0.3, 0.4) is 0 Å². The zero-order chi connectivity index (χ0) is 10.7. The summed E-state index contributed by atoms with van der Waals surface area (Å²) in [6, 6.07) is 0. The first-order valence-electron chi connectivity index (χ1n) is 5.98. The summed E-state index contributed by atoms with van der Waals surface area (Å²) >= 11 is 0. The number of rotatable bonds is 4. The van der Waals surface area contributed by atoms with Gasteiger partial charge in [0.2, 0.25) is 0 Å². The van der Waals surface area contributed by atoms with E-state index in [1.54, 1.807) is 0 Å². The minimum atomic E-state index is 0.398. The first-order valence-corrected chi connectivity index (χ1v) is 5.98. The van der Waals surface area contributed by atoms with E-state index in [9.17, 15) is 0 Å². The van der Waals surface area contributed by atoms with Crippen LogP contribution in [0, 0.1) is 0 Å². The molecule has 1 aromatic rings. The Kier molecular flexibility index (Phi) is 3.36. The molecule has 0 saturated heterocycles. The topological polar surface area (TPSA) is 56.7 Å². The van der Waals surface area contributed by atoms with Crippen LogP contribution in [-0.2, 0) is 13.0 Å². The minimum Gasteiger partial charge on any atom is -0.330 e. The molecule has 0 spiro atoms. The van der Waals surface area contributed by atoms with Crippen molar-refractivity contribution in [2.75, 3.05) is 6.54 Å². The first-order chi connectivity index (χ1) is 7.36. The minimum absolute atomic E-state index is 0.398. The van der Waals surface area contributed by atoms with Gasteiger partial charge in [0, 0.05) is 25.4 Å². The normalized spacial score (nSPS) is 17.5. The van der Waals surface area contributed by atoms with Crippen LogP contribution in [0.2, 0.25) is 0 Å². The number of hydrogen-bond acceptors (Lipinski definition) is 3. The van der Waals surface area contributed by atoms with E-state index in [0.717, 1.165) is 37.5 Å². The molecular formula is C11H20N4. The molecule has 15 heavy (non-hydrogen) atoms. The molecular weight excluding hydrogens is 188 g/mol. The molecule has 1 aliphatic heterocycles. The Hall–Kier alpha value is -0.900. The van der Waals surface area contributed by atoms with Crippen molar-refractivity contribution >= 4 is 0 Å². The second kappa shape index (κ2) is 4.75. The maximum atomic E-state index is 5.80. The van der Waals surface area contributed by atoms with Gasteiger partial charge in [-0.05, 0) is 19.3 Å². The molecule has 84 valence electrons. The second-order valence-corrected chi connectivity index (χ2v) is 4.30. The lowest BCUT2D eigenvalue weighted by atomic mass is 10.0. The molecule has 2 rings (SSSR count). The van der Waals surface area contributed by atoms with E-state index in [1.165, 1.54) is 12.8 Å². The summed E-state index contributed by atoms with van der Waals surface area (Å²) < 4.78 is 2.29. The molecule has 4 heteroatoms. The highest BCUT2D eigenvalue weighted by molar-refractivity contribution is 5.04. The lowest BCUT2D eigenvalue weighted by Crippen LogP contribution is -2.20. The molecule has 2 heterocycles. The van der Waals surface area contributed by atoms with Gasteiger partial charge in [-0.2, -0.15) is 0 Å². The smallest absolute Gasteiger partial charge is 0.137 e. The first kappa shape index (κ1) is 10.6. The van der Waals surface area contributed by atoms with Gasteiger partial charge in [0.1, 0.15) is 11.6 Å². The summed E-state index contributed by atoms with van der Waals surface area (Å²) in [4.78, 5) is 0. The van der Waals surface area contributed by atoms with Gasteiger partial charge >= 0.3 is 0 Å². The molecule has 0 aliphatic carbocycles. The van der Waals surface area contributed by atoms with Crippen molar-refractivity contribution in [2.45, 2.75) is 51.5 Å². The van der Waals surface area contributed by atoms with Crippen LogP contribution in [0.1, 0.15) is 50.2 Å². The molecule has 0 bridgehead atoms. The Labute approximate surface area is 90.9 Å². The molecule has 0 saturated carbocycles. The Morgan fingerprint density at radius 1 is 1.40 bits per heavy atom. The fourth-order valence-corrected chi connectivity index (χ4v) is 2.33. The Morgan fingerprint density at radius 3 is 3.00 bits per heavy atom. The summed E-state index contributed by atoms with van der Waals surface area (Å²) in [7, 11) is 0. The predicted octanol–water partition coefficient (Wildman–Crippen LogP) is 1.46. The summed E-state index contributed by atoms with van der Waals surface area (Å²) in [5.41, 5.74) is 5.80. The van der Waals surface area contributed by atoms with Crippen LogP contribution >= 0.6 is 0 Å². The summed E-state index contributed by atoms with van der Waals surface area (Å²) in [6.07, 6.45) is 5.86. The van der Waals surface area contributed by atoms with Crippen molar-refractivity contribution in [3.63, 3.8) is 0 Å². The Bertz CT molecular complexity index is 318. The summed E-state index contributed by atoms with van der Waals surface area (Å²) in [5.74, 6) is 2.68. The maximum absolute atomic E-state index is 5.80. The largest absolute Gasteiger partial charge is 0.330 e. The second-order valence-electron chi connectivity index (χ2n) is 4.30. The van der Waals surface area contributed by atoms with Crippen molar-refractivity contribution in [1.29, 1.82) is 0 Å². The average Bonchev–Trinajstić information content (AvgIpc) is 2.70. The monoisotopic (exact) mass is 208 g/mol. The Morgan fingerprint density at radius 2 is 2.27 bits per heavy atom. The van der Waals surface area contributed by atoms with E-state index in [-0.39, 0.29) is 0 Å². The Balaban J connectivity index is 2.22.